The summed E-state index contributed by atoms with van der Waals surface area (Å²) in [5.41, 5.74) is 0.718. The van der Waals surface area contributed by atoms with Gasteiger partial charge in [-0.25, -0.2) is 0 Å². The lowest BCUT2D eigenvalue weighted by Crippen LogP contribution is -2.49. The number of rotatable bonds is 4. The molecule has 140 valence electrons. The van der Waals surface area contributed by atoms with Crippen molar-refractivity contribution in [1.82, 2.24) is 9.80 Å². The minimum Gasteiger partial charge on any atom is -0.481 e. The maximum Gasteiger partial charge on any atom is 0.307 e. The Kier molecular flexibility index (Phi) is 4.06. The van der Waals surface area contributed by atoms with Gasteiger partial charge in [-0.3, -0.25) is 14.5 Å². The second-order valence-corrected chi connectivity index (χ2v) is 7.90. The number of piperazine rings is 1. The minimum atomic E-state index is -0.866. The van der Waals surface area contributed by atoms with Crippen molar-refractivity contribution in [3.05, 3.63) is 23.8 Å². The molecule has 2 unspecified atom stereocenters. The van der Waals surface area contributed by atoms with E-state index in [2.05, 4.69) is 4.90 Å². The monoisotopic (exact) mass is 360 g/mol. The van der Waals surface area contributed by atoms with Gasteiger partial charge in [-0.05, 0) is 23.1 Å². The fourth-order valence-corrected chi connectivity index (χ4v) is 4.18. The quantitative estimate of drug-likeness (QED) is 0.875. The van der Waals surface area contributed by atoms with Crippen molar-refractivity contribution in [2.75, 3.05) is 33.0 Å². The lowest BCUT2D eigenvalue weighted by molar-refractivity contribution is -0.142. The summed E-state index contributed by atoms with van der Waals surface area (Å²) in [7, 11) is 0. The van der Waals surface area contributed by atoms with Gasteiger partial charge in [0.15, 0.2) is 11.5 Å². The number of nitrogens with zero attached hydrogens (tertiary/aromatic N) is 2. The second kappa shape index (κ2) is 6.16. The van der Waals surface area contributed by atoms with Crippen LogP contribution in [-0.2, 0) is 16.1 Å². The number of amides is 1. The number of carbonyl (C=O) groups excluding carboxylic acids is 1. The van der Waals surface area contributed by atoms with Crippen LogP contribution in [-0.4, -0.2) is 59.8 Å². The third-order valence-electron chi connectivity index (χ3n) is 5.89. The van der Waals surface area contributed by atoms with Crippen LogP contribution in [0.15, 0.2) is 18.2 Å². The van der Waals surface area contributed by atoms with E-state index in [0.717, 1.165) is 36.7 Å². The van der Waals surface area contributed by atoms with Crippen LogP contribution in [0.4, 0.5) is 0 Å². The number of carboxylic acids is 1. The Morgan fingerprint density at radius 3 is 2.46 bits per heavy atom. The van der Waals surface area contributed by atoms with Crippen LogP contribution in [0.5, 0.6) is 11.5 Å². The largest absolute Gasteiger partial charge is 0.481 e. The fourth-order valence-electron chi connectivity index (χ4n) is 4.18. The maximum absolute atomic E-state index is 12.7. The Hall–Kier alpha value is -2.28. The number of benzene rings is 1. The summed E-state index contributed by atoms with van der Waals surface area (Å²) in [5, 5.41) is 9.28. The molecular weight excluding hydrogens is 336 g/mol. The molecule has 4 rings (SSSR count). The summed E-state index contributed by atoms with van der Waals surface area (Å²) in [6.07, 6.45) is 0. The van der Waals surface area contributed by atoms with Gasteiger partial charge < -0.3 is 19.5 Å². The smallest absolute Gasteiger partial charge is 0.307 e. The molecule has 1 aromatic carbocycles. The molecule has 0 aromatic heterocycles. The van der Waals surface area contributed by atoms with Crippen molar-refractivity contribution in [3.63, 3.8) is 0 Å². The van der Waals surface area contributed by atoms with E-state index in [4.69, 9.17) is 9.47 Å². The first kappa shape index (κ1) is 17.1. The van der Waals surface area contributed by atoms with Crippen LogP contribution in [0, 0.1) is 17.3 Å². The first-order chi connectivity index (χ1) is 12.4. The SMILES string of the molecule is CC1(C)C(C(=O)O)C1C(=O)N1CCN(Cc2ccc3c(c2)OCO3)CC1. The van der Waals surface area contributed by atoms with Gasteiger partial charge in [0.2, 0.25) is 12.7 Å². The van der Waals surface area contributed by atoms with Crippen LogP contribution < -0.4 is 9.47 Å². The van der Waals surface area contributed by atoms with Crippen molar-refractivity contribution < 1.29 is 24.2 Å². The molecule has 1 saturated carbocycles. The third kappa shape index (κ3) is 2.90. The van der Waals surface area contributed by atoms with E-state index in [1.165, 1.54) is 0 Å². The Morgan fingerprint density at radius 1 is 1.12 bits per heavy atom. The molecule has 7 heteroatoms. The number of carboxylic acid groups (broad SMARTS) is 1. The van der Waals surface area contributed by atoms with Crippen LogP contribution in [0.25, 0.3) is 0 Å². The predicted molar refractivity (Wildman–Crippen MR) is 92.8 cm³/mol. The highest BCUT2D eigenvalue weighted by atomic mass is 16.7. The lowest BCUT2D eigenvalue weighted by atomic mass is 10.1. The molecule has 2 heterocycles. The number of fused-ring (bicyclic) bond motifs is 1. The Labute approximate surface area is 152 Å². The van der Waals surface area contributed by atoms with Gasteiger partial charge in [-0.2, -0.15) is 0 Å². The molecule has 0 spiro atoms. The standard InChI is InChI=1S/C19H24N2O5/c1-19(2)15(16(19)18(23)24)17(22)21-7-5-20(6-8-21)10-12-3-4-13-14(9-12)26-11-25-13/h3-4,9,15-16H,5-8,10-11H2,1-2H3,(H,23,24). The fraction of sp³-hybridized carbons (Fsp3) is 0.579. The zero-order chi connectivity index (χ0) is 18.5. The van der Waals surface area contributed by atoms with E-state index >= 15 is 0 Å². The Bertz CT molecular complexity index is 739. The van der Waals surface area contributed by atoms with E-state index in [1.807, 2.05) is 36.9 Å². The summed E-state index contributed by atoms with van der Waals surface area (Å²) >= 11 is 0. The first-order valence-corrected chi connectivity index (χ1v) is 9.00. The normalized spacial score (nSPS) is 26.6. The van der Waals surface area contributed by atoms with Gasteiger partial charge >= 0.3 is 5.97 Å². The van der Waals surface area contributed by atoms with Gasteiger partial charge in [-0.15, -0.1) is 0 Å². The summed E-state index contributed by atoms with van der Waals surface area (Å²) in [6, 6.07) is 5.97. The molecule has 1 N–H and O–H groups in total. The molecule has 1 aromatic rings. The molecule has 1 saturated heterocycles. The number of carbonyl (C=O) groups is 2. The van der Waals surface area contributed by atoms with E-state index in [9.17, 15) is 14.7 Å². The molecule has 0 radical (unpaired) electrons. The number of hydrogen-bond acceptors (Lipinski definition) is 5. The Balaban J connectivity index is 1.32. The number of aliphatic carboxylic acids is 1. The topological polar surface area (TPSA) is 79.3 Å². The second-order valence-electron chi connectivity index (χ2n) is 7.90. The third-order valence-corrected chi connectivity index (χ3v) is 5.89. The van der Waals surface area contributed by atoms with Gasteiger partial charge in [0.05, 0.1) is 11.8 Å². The maximum atomic E-state index is 12.7. The summed E-state index contributed by atoms with van der Waals surface area (Å²) < 4.78 is 10.7. The van der Waals surface area contributed by atoms with Crippen LogP contribution in [0.3, 0.4) is 0 Å². The molecule has 1 aliphatic carbocycles. The summed E-state index contributed by atoms with van der Waals surface area (Å²) in [6.45, 7) is 7.65. The van der Waals surface area contributed by atoms with Crippen molar-refractivity contribution in [3.8, 4) is 11.5 Å². The van der Waals surface area contributed by atoms with E-state index in [0.29, 0.717) is 13.1 Å². The highest BCUT2D eigenvalue weighted by Gasteiger charge is 2.66. The zero-order valence-corrected chi connectivity index (χ0v) is 15.1. The van der Waals surface area contributed by atoms with E-state index < -0.39 is 17.3 Å². The molecule has 2 fully saturated rings. The molecule has 7 nitrogen and oxygen atoms in total. The minimum absolute atomic E-state index is 0.00914. The van der Waals surface area contributed by atoms with E-state index in [1.54, 1.807) is 0 Å². The van der Waals surface area contributed by atoms with Crippen molar-refractivity contribution >= 4 is 11.9 Å². The molecular formula is C19H24N2O5. The molecule has 26 heavy (non-hydrogen) atoms. The van der Waals surface area contributed by atoms with Gasteiger partial charge in [-0.1, -0.05) is 19.9 Å². The molecule has 3 aliphatic rings. The van der Waals surface area contributed by atoms with Crippen molar-refractivity contribution in [2.45, 2.75) is 20.4 Å². The molecule has 1 amide bonds. The van der Waals surface area contributed by atoms with Crippen molar-refractivity contribution in [2.24, 2.45) is 17.3 Å². The highest BCUT2D eigenvalue weighted by molar-refractivity contribution is 5.91. The molecule has 0 bridgehead atoms. The summed E-state index contributed by atoms with van der Waals surface area (Å²) in [5.74, 6) is -0.252. The van der Waals surface area contributed by atoms with Crippen molar-refractivity contribution in [1.29, 1.82) is 0 Å². The first-order valence-electron chi connectivity index (χ1n) is 9.00. The summed E-state index contributed by atoms with van der Waals surface area (Å²) in [4.78, 5) is 28.1. The van der Waals surface area contributed by atoms with Gasteiger partial charge in [0, 0.05) is 32.7 Å². The lowest BCUT2D eigenvalue weighted by Gasteiger charge is -2.35. The molecule has 2 aliphatic heterocycles. The Morgan fingerprint density at radius 2 is 1.81 bits per heavy atom. The zero-order valence-electron chi connectivity index (χ0n) is 15.1. The number of ether oxygens (including phenoxy) is 2. The van der Waals surface area contributed by atoms with E-state index in [-0.39, 0.29) is 18.6 Å². The van der Waals surface area contributed by atoms with Crippen LogP contribution in [0.2, 0.25) is 0 Å². The van der Waals surface area contributed by atoms with Crippen LogP contribution >= 0.6 is 0 Å². The average molecular weight is 360 g/mol. The average Bonchev–Trinajstić information content (AvgIpc) is 2.95. The predicted octanol–water partition coefficient (Wildman–Crippen LogP) is 1.42. The highest BCUT2D eigenvalue weighted by Crippen LogP contribution is 2.59. The van der Waals surface area contributed by atoms with Crippen LogP contribution in [0.1, 0.15) is 19.4 Å². The van der Waals surface area contributed by atoms with Gasteiger partial charge in [0.1, 0.15) is 0 Å². The van der Waals surface area contributed by atoms with Gasteiger partial charge in [0.25, 0.3) is 0 Å². The molecule has 2 atom stereocenters. The number of hydrogen-bond donors (Lipinski definition) is 1.